The van der Waals surface area contributed by atoms with Gasteiger partial charge in [0, 0.05) is 32.7 Å². The van der Waals surface area contributed by atoms with E-state index in [1.165, 1.54) is 0 Å². The molecule has 2 saturated heterocycles. The molecule has 2 atom stereocenters. The Morgan fingerprint density at radius 1 is 1.32 bits per heavy atom. The highest BCUT2D eigenvalue weighted by Crippen LogP contribution is 2.26. The molecular weight excluding hydrogens is 242 g/mol. The van der Waals surface area contributed by atoms with E-state index in [2.05, 4.69) is 12.2 Å². The predicted octanol–water partition coefficient (Wildman–Crippen LogP) is 0.454. The summed E-state index contributed by atoms with van der Waals surface area (Å²) >= 11 is 0. The van der Waals surface area contributed by atoms with Crippen molar-refractivity contribution in [2.24, 2.45) is 5.92 Å². The minimum atomic E-state index is -0.715. The van der Waals surface area contributed by atoms with Gasteiger partial charge in [-0.1, -0.05) is 0 Å². The van der Waals surface area contributed by atoms with E-state index < -0.39 is 5.54 Å². The van der Waals surface area contributed by atoms with Crippen molar-refractivity contribution < 1.29 is 9.59 Å². The van der Waals surface area contributed by atoms with Crippen LogP contribution < -0.4 is 5.32 Å². The first-order valence-electron chi connectivity index (χ1n) is 7.14. The molecule has 2 aliphatic heterocycles. The van der Waals surface area contributed by atoms with E-state index in [4.69, 9.17) is 0 Å². The van der Waals surface area contributed by atoms with Gasteiger partial charge < -0.3 is 15.1 Å². The van der Waals surface area contributed by atoms with Gasteiger partial charge in [0.2, 0.25) is 11.8 Å². The number of piperazine rings is 1. The summed E-state index contributed by atoms with van der Waals surface area (Å²) in [7, 11) is 1.80. The Labute approximate surface area is 115 Å². The normalized spacial score (nSPS) is 31.5. The van der Waals surface area contributed by atoms with E-state index in [1.54, 1.807) is 16.8 Å². The van der Waals surface area contributed by atoms with Crippen molar-refractivity contribution in [3.05, 3.63) is 0 Å². The molecule has 0 aromatic rings. The fourth-order valence-corrected chi connectivity index (χ4v) is 3.03. The second-order valence-corrected chi connectivity index (χ2v) is 6.36. The van der Waals surface area contributed by atoms with Crippen LogP contribution in [0.4, 0.5) is 0 Å². The molecule has 2 heterocycles. The zero-order valence-corrected chi connectivity index (χ0v) is 12.4. The SMILES string of the molecule is CC1CCC(C(=O)N2CCN(C)C(=O)C2(C)C)CN1. The maximum atomic E-state index is 12.6. The second kappa shape index (κ2) is 5.12. The molecule has 0 spiro atoms. The Hall–Kier alpha value is -1.10. The molecule has 0 saturated carbocycles. The molecule has 0 bridgehead atoms. The van der Waals surface area contributed by atoms with Crippen molar-refractivity contribution in [2.45, 2.75) is 45.2 Å². The molecule has 0 aromatic carbocycles. The fraction of sp³-hybridized carbons (Fsp3) is 0.857. The first-order valence-corrected chi connectivity index (χ1v) is 7.14. The van der Waals surface area contributed by atoms with Gasteiger partial charge in [-0.2, -0.15) is 0 Å². The smallest absolute Gasteiger partial charge is 0.247 e. The molecular formula is C14H25N3O2. The summed E-state index contributed by atoms with van der Waals surface area (Å²) < 4.78 is 0. The molecule has 2 unspecified atom stereocenters. The minimum absolute atomic E-state index is 0.0201. The summed E-state index contributed by atoms with van der Waals surface area (Å²) in [6, 6.07) is 0.492. The zero-order chi connectivity index (χ0) is 14.2. The van der Waals surface area contributed by atoms with Crippen LogP contribution in [0.25, 0.3) is 0 Å². The topological polar surface area (TPSA) is 52.7 Å². The van der Waals surface area contributed by atoms with E-state index in [0.29, 0.717) is 19.1 Å². The number of carbonyl (C=O) groups excluding carboxylic acids is 2. The van der Waals surface area contributed by atoms with Crippen LogP contribution in [0.15, 0.2) is 0 Å². The number of piperidine rings is 1. The van der Waals surface area contributed by atoms with Gasteiger partial charge in [0.1, 0.15) is 5.54 Å². The molecule has 0 aliphatic carbocycles. The monoisotopic (exact) mass is 267 g/mol. The molecule has 108 valence electrons. The van der Waals surface area contributed by atoms with Crippen LogP contribution in [0.5, 0.6) is 0 Å². The molecule has 0 aromatic heterocycles. The number of hydrogen-bond donors (Lipinski definition) is 1. The Balaban J connectivity index is 2.08. The molecule has 19 heavy (non-hydrogen) atoms. The molecule has 5 heteroatoms. The average Bonchev–Trinajstić information content (AvgIpc) is 2.36. The second-order valence-electron chi connectivity index (χ2n) is 6.36. The van der Waals surface area contributed by atoms with Crippen LogP contribution in [-0.4, -0.2) is 59.9 Å². The molecule has 0 radical (unpaired) electrons. The van der Waals surface area contributed by atoms with Gasteiger partial charge in [0.05, 0.1) is 5.92 Å². The molecule has 5 nitrogen and oxygen atoms in total. The van der Waals surface area contributed by atoms with Crippen molar-refractivity contribution in [3.63, 3.8) is 0 Å². The summed E-state index contributed by atoms with van der Waals surface area (Å²) in [6.07, 6.45) is 1.95. The van der Waals surface area contributed by atoms with Gasteiger partial charge in [-0.3, -0.25) is 9.59 Å². The van der Waals surface area contributed by atoms with Crippen LogP contribution in [0, 0.1) is 5.92 Å². The Kier molecular flexibility index (Phi) is 3.85. The van der Waals surface area contributed by atoms with Crippen LogP contribution in [0.1, 0.15) is 33.6 Å². The Morgan fingerprint density at radius 3 is 2.58 bits per heavy atom. The number of nitrogens with zero attached hydrogens (tertiary/aromatic N) is 2. The van der Waals surface area contributed by atoms with Crippen molar-refractivity contribution in [2.75, 3.05) is 26.7 Å². The third-order valence-corrected chi connectivity index (χ3v) is 4.48. The molecule has 2 amide bonds. The van der Waals surface area contributed by atoms with Gasteiger partial charge in [-0.05, 0) is 33.6 Å². The average molecular weight is 267 g/mol. The van der Waals surface area contributed by atoms with Crippen LogP contribution in [0.2, 0.25) is 0 Å². The number of carbonyl (C=O) groups is 2. The molecule has 2 aliphatic rings. The summed E-state index contributed by atoms with van der Waals surface area (Å²) in [4.78, 5) is 28.3. The highest BCUT2D eigenvalue weighted by molar-refractivity contribution is 5.92. The lowest BCUT2D eigenvalue weighted by Gasteiger charge is -2.46. The lowest BCUT2D eigenvalue weighted by atomic mass is 9.90. The third-order valence-electron chi connectivity index (χ3n) is 4.48. The highest BCUT2D eigenvalue weighted by Gasteiger charge is 2.44. The first kappa shape index (κ1) is 14.3. The zero-order valence-electron chi connectivity index (χ0n) is 12.4. The summed E-state index contributed by atoms with van der Waals surface area (Å²) in [5, 5.41) is 3.36. The summed E-state index contributed by atoms with van der Waals surface area (Å²) in [6.45, 7) is 7.84. The van der Waals surface area contributed by atoms with Gasteiger partial charge in [0.15, 0.2) is 0 Å². The fourth-order valence-electron chi connectivity index (χ4n) is 3.03. The van der Waals surface area contributed by atoms with Crippen LogP contribution in [0.3, 0.4) is 0 Å². The molecule has 2 rings (SSSR count). The number of amides is 2. The third kappa shape index (κ3) is 2.61. The lowest BCUT2D eigenvalue weighted by Crippen LogP contribution is -2.65. The Morgan fingerprint density at radius 2 is 2.00 bits per heavy atom. The van der Waals surface area contributed by atoms with E-state index in [9.17, 15) is 9.59 Å². The predicted molar refractivity (Wildman–Crippen MR) is 73.6 cm³/mol. The number of rotatable bonds is 1. The maximum absolute atomic E-state index is 12.6. The summed E-state index contributed by atoms with van der Waals surface area (Å²) in [5.41, 5.74) is -0.715. The number of likely N-dealkylation sites (N-methyl/N-ethyl adjacent to an activating group) is 1. The largest absolute Gasteiger partial charge is 0.342 e. The van der Waals surface area contributed by atoms with Crippen molar-refractivity contribution >= 4 is 11.8 Å². The first-order chi connectivity index (χ1) is 8.84. The number of hydrogen-bond acceptors (Lipinski definition) is 3. The van der Waals surface area contributed by atoms with Gasteiger partial charge in [-0.25, -0.2) is 0 Å². The lowest BCUT2D eigenvalue weighted by molar-refractivity contribution is -0.159. The summed E-state index contributed by atoms with van der Waals surface area (Å²) in [5.74, 6) is 0.182. The van der Waals surface area contributed by atoms with Gasteiger partial charge in [0.25, 0.3) is 0 Å². The van der Waals surface area contributed by atoms with E-state index in [0.717, 1.165) is 19.4 Å². The maximum Gasteiger partial charge on any atom is 0.247 e. The van der Waals surface area contributed by atoms with Crippen molar-refractivity contribution in [1.29, 1.82) is 0 Å². The molecule has 2 fully saturated rings. The Bertz CT molecular complexity index is 373. The van der Waals surface area contributed by atoms with Crippen LogP contribution in [-0.2, 0) is 9.59 Å². The van der Waals surface area contributed by atoms with E-state index in [-0.39, 0.29) is 17.7 Å². The minimum Gasteiger partial charge on any atom is -0.342 e. The number of nitrogens with one attached hydrogen (secondary N) is 1. The van der Waals surface area contributed by atoms with Gasteiger partial charge in [-0.15, -0.1) is 0 Å². The standard InChI is InChI=1S/C14H25N3O2/c1-10-5-6-11(9-15-10)12(18)17-8-7-16(4)13(19)14(17,2)3/h10-11,15H,5-9H2,1-4H3. The highest BCUT2D eigenvalue weighted by atomic mass is 16.2. The van der Waals surface area contributed by atoms with Crippen LogP contribution >= 0.6 is 0 Å². The van der Waals surface area contributed by atoms with Gasteiger partial charge >= 0.3 is 0 Å². The van der Waals surface area contributed by atoms with Crippen molar-refractivity contribution in [1.82, 2.24) is 15.1 Å². The molecule has 1 N–H and O–H groups in total. The van der Waals surface area contributed by atoms with Crippen molar-refractivity contribution in [3.8, 4) is 0 Å². The van der Waals surface area contributed by atoms with E-state index in [1.807, 2.05) is 13.8 Å². The quantitative estimate of drug-likeness (QED) is 0.750. The van der Waals surface area contributed by atoms with E-state index >= 15 is 0 Å².